The van der Waals surface area contributed by atoms with E-state index in [1.807, 2.05) is 6.26 Å². The molecule has 0 aliphatic rings. The van der Waals surface area contributed by atoms with E-state index in [-0.39, 0.29) is 11.3 Å². The lowest BCUT2D eigenvalue weighted by Crippen LogP contribution is -2.19. The number of rotatable bonds is 3. The molecule has 0 amide bonds. The molecule has 1 heterocycles. The van der Waals surface area contributed by atoms with Crippen LogP contribution in [0.25, 0.3) is 0 Å². The first kappa shape index (κ1) is 12.5. The molecule has 0 radical (unpaired) electrons. The summed E-state index contributed by atoms with van der Waals surface area (Å²) in [5.41, 5.74) is 6.47. The summed E-state index contributed by atoms with van der Waals surface area (Å²) in [6.07, 6.45) is 2.05. The molecule has 1 aromatic heterocycles. The van der Waals surface area contributed by atoms with Gasteiger partial charge < -0.3 is 5.73 Å². The zero-order chi connectivity index (χ0) is 11.6. The maximum Gasteiger partial charge on any atom is 0.135 e. The van der Waals surface area contributed by atoms with Gasteiger partial charge in [0.05, 0.1) is 10.6 Å². The quantitative estimate of drug-likeness (QED) is 0.633. The van der Waals surface area contributed by atoms with Gasteiger partial charge in [-0.15, -0.1) is 11.3 Å². The monoisotopic (exact) mass is 243 g/mol. The minimum atomic E-state index is -0.0475. The normalized spacial score (nSPS) is 11.7. The van der Waals surface area contributed by atoms with Crippen molar-refractivity contribution >= 4 is 28.9 Å². The van der Waals surface area contributed by atoms with Crippen molar-refractivity contribution in [3.63, 3.8) is 0 Å². The number of nitrogen functional groups attached to an aromatic ring is 1. The lowest BCUT2D eigenvalue weighted by molar-refractivity contribution is 0.570. The standard InChI is InChI=1S/C10H17N3S2/c1-10(2,3)8-7(9(11)12)15-6(13-8)5-14-4/h5H2,1-4H3,(H3,11,12). The van der Waals surface area contributed by atoms with Gasteiger partial charge >= 0.3 is 0 Å². The van der Waals surface area contributed by atoms with Crippen LogP contribution in [0.4, 0.5) is 0 Å². The molecule has 5 heteroatoms. The Balaban J connectivity index is 3.18. The fraction of sp³-hybridized carbons (Fsp3) is 0.600. The first-order valence-electron chi connectivity index (χ1n) is 4.69. The van der Waals surface area contributed by atoms with Crippen molar-refractivity contribution in [3.8, 4) is 0 Å². The van der Waals surface area contributed by atoms with Crippen LogP contribution < -0.4 is 5.73 Å². The van der Waals surface area contributed by atoms with Gasteiger partial charge in [0, 0.05) is 11.2 Å². The second-order valence-electron chi connectivity index (χ2n) is 4.38. The van der Waals surface area contributed by atoms with Crippen molar-refractivity contribution in [2.24, 2.45) is 5.73 Å². The molecule has 0 unspecified atom stereocenters. The number of nitrogens with two attached hydrogens (primary N) is 1. The minimum absolute atomic E-state index is 0.0475. The molecule has 0 aliphatic carbocycles. The summed E-state index contributed by atoms with van der Waals surface area (Å²) in [4.78, 5) is 5.39. The van der Waals surface area contributed by atoms with E-state index in [9.17, 15) is 0 Å². The first-order valence-corrected chi connectivity index (χ1v) is 6.90. The van der Waals surface area contributed by atoms with Gasteiger partial charge in [0.25, 0.3) is 0 Å². The number of thiazole rings is 1. The molecule has 84 valence electrons. The molecule has 0 atom stereocenters. The molecule has 3 N–H and O–H groups in total. The number of hydrogen-bond acceptors (Lipinski definition) is 4. The fourth-order valence-corrected chi connectivity index (χ4v) is 3.07. The number of nitrogens with one attached hydrogen (secondary N) is 1. The van der Waals surface area contributed by atoms with Gasteiger partial charge in [-0.1, -0.05) is 20.8 Å². The summed E-state index contributed by atoms with van der Waals surface area (Å²) in [6.45, 7) is 6.28. The van der Waals surface area contributed by atoms with Crippen LogP contribution in [0.15, 0.2) is 0 Å². The van der Waals surface area contributed by atoms with Crippen LogP contribution in [0.5, 0.6) is 0 Å². The molecule has 1 aromatic rings. The number of aromatic nitrogens is 1. The second-order valence-corrected chi connectivity index (χ2v) is 6.33. The van der Waals surface area contributed by atoms with Gasteiger partial charge in [-0.2, -0.15) is 11.8 Å². The Labute approximate surface area is 99.0 Å². The highest BCUT2D eigenvalue weighted by Gasteiger charge is 2.24. The number of nitrogens with zero attached hydrogens (tertiary/aromatic N) is 1. The highest BCUT2D eigenvalue weighted by molar-refractivity contribution is 7.97. The number of amidine groups is 1. The van der Waals surface area contributed by atoms with Gasteiger partial charge in [-0.3, -0.25) is 5.41 Å². The van der Waals surface area contributed by atoms with Crippen LogP contribution in [0.1, 0.15) is 36.3 Å². The van der Waals surface area contributed by atoms with Crippen molar-refractivity contribution in [2.45, 2.75) is 31.9 Å². The Morgan fingerprint density at radius 1 is 1.53 bits per heavy atom. The fourth-order valence-electron chi connectivity index (χ4n) is 1.24. The van der Waals surface area contributed by atoms with Crippen molar-refractivity contribution in [1.29, 1.82) is 5.41 Å². The van der Waals surface area contributed by atoms with Crippen LogP contribution in [-0.4, -0.2) is 17.1 Å². The van der Waals surface area contributed by atoms with E-state index in [4.69, 9.17) is 11.1 Å². The molecule has 0 spiro atoms. The highest BCUT2D eigenvalue weighted by atomic mass is 32.2. The minimum Gasteiger partial charge on any atom is -0.383 e. The molecular formula is C10H17N3S2. The van der Waals surface area contributed by atoms with Crippen molar-refractivity contribution in [2.75, 3.05) is 6.26 Å². The molecular weight excluding hydrogens is 226 g/mol. The Bertz CT molecular complexity index is 363. The Morgan fingerprint density at radius 2 is 2.13 bits per heavy atom. The maximum absolute atomic E-state index is 7.54. The third kappa shape index (κ3) is 2.95. The van der Waals surface area contributed by atoms with E-state index < -0.39 is 0 Å². The van der Waals surface area contributed by atoms with E-state index >= 15 is 0 Å². The molecule has 0 saturated heterocycles. The average Bonchev–Trinajstić information content (AvgIpc) is 2.48. The summed E-state index contributed by atoms with van der Waals surface area (Å²) in [7, 11) is 0. The zero-order valence-corrected chi connectivity index (χ0v) is 11.2. The van der Waals surface area contributed by atoms with Crippen molar-refractivity contribution < 1.29 is 0 Å². The lowest BCUT2D eigenvalue weighted by atomic mass is 9.91. The third-order valence-corrected chi connectivity index (χ3v) is 3.73. The van der Waals surface area contributed by atoms with Gasteiger partial charge in [0.1, 0.15) is 10.8 Å². The van der Waals surface area contributed by atoms with Crippen LogP contribution in [0.3, 0.4) is 0 Å². The SMILES string of the molecule is CSCc1nc(C(C)(C)C)c(C(=N)N)s1. The third-order valence-electron chi connectivity index (χ3n) is 1.89. The molecule has 0 fully saturated rings. The zero-order valence-electron chi connectivity index (χ0n) is 9.55. The van der Waals surface area contributed by atoms with E-state index in [1.165, 1.54) is 11.3 Å². The van der Waals surface area contributed by atoms with Crippen LogP contribution in [-0.2, 0) is 11.2 Å². The van der Waals surface area contributed by atoms with E-state index in [1.54, 1.807) is 11.8 Å². The van der Waals surface area contributed by atoms with Crippen LogP contribution >= 0.6 is 23.1 Å². The lowest BCUT2D eigenvalue weighted by Gasteiger charge is -2.16. The predicted molar refractivity (Wildman–Crippen MR) is 69.0 cm³/mol. The average molecular weight is 243 g/mol. The van der Waals surface area contributed by atoms with Crippen LogP contribution in [0.2, 0.25) is 0 Å². The number of thioether (sulfide) groups is 1. The van der Waals surface area contributed by atoms with E-state index in [0.29, 0.717) is 0 Å². The largest absolute Gasteiger partial charge is 0.383 e. The topological polar surface area (TPSA) is 62.8 Å². The highest BCUT2D eigenvalue weighted by Crippen LogP contribution is 2.30. The van der Waals surface area contributed by atoms with Crippen molar-refractivity contribution in [1.82, 2.24) is 4.98 Å². The van der Waals surface area contributed by atoms with E-state index in [0.717, 1.165) is 21.3 Å². The summed E-state index contributed by atoms with van der Waals surface area (Å²) >= 11 is 3.27. The Hall–Kier alpha value is -0.550. The molecule has 0 aliphatic heterocycles. The summed E-state index contributed by atoms with van der Waals surface area (Å²) in [5.74, 6) is 1.02. The Kier molecular flexibility index (Phi) is 3.78. The summed E-state index contributed by atoms with van der Waals surface area (Å²) in [5, 5.41) is 8.60. The first-order chi connectivity index (χ1) is 6.86. The molecule has 1 rings (SSSR count). The number of hydrogen-bond donors (Lipinski definition) is 2. The molecule has 0 bridgehead atoms. The van der Waals surface area contributed by atoms with Gasteiger partial charge in [-0.05, 0) is 6.26 Å². The molecule has 15 heavy (non-hydrogen) atoms. The maximum atomic E-state index is 7.54. The predicted octanol–water partition coefficient (Wildman–Crippen LogP) is 2.59. The molecule has 3 nitrogen and oxygen atoms in total. The van der Waals surface area contributed by atoms with Gasteiger partial charge in [-0.25, -0.2) is 4.98 Å². The van der Waals surface area contributed by atoms with Gasteiger partial charge in [0.15, 0.2) is 0 Å². The van der Waals surface area contributed by atoms with Crippen LogP contribution in [0, 0.1) is 5.41 Å². The second kappa shape index (κ2) is 4.53. The Morgan fingerprint density at radius 3 is 2.47 bits per heavy atom. The molecule has 0 aromatic carbocycles. The van der Waals surface area contributed by atoms with Gasteiger partial charge in [0.2, 0.25) is 0 Å². The van der Waals surface area contributed by atoms with E-state index in [2.05, 4.69) is 25.8 Å². The molecule has 0 saturated carbocycles. The summed E-state index contributed by atoms with van der Waals surface area (Å²) < 4.78 is 0. The van der Waals surface area contributed by atoms with Crippen molar-refractivity contribution in [3.05, 3.63) is 15.6 Å². The smallest absolute Gasteiger partial charge is 0.135 e. The summed E-state index contributed by atoms with van der Waals surface area (Å²) in [6, 6.07) is 0.